The first-order chi connectivity index (χ1) is 7.74. The Hall–Kier alpha value is -1.22. The normalized spacial score (nSPS) is 23.4. The highest BCUT2D eigenvalue weighted by atomic mass is 16.5. The fourth-order valence-electron chi connectivity index (χ4n) is 2.20. The third kappa shape index (κ3) is 2.14. The summed E-state index contributed by atoms with van der Waals surface area (Å²) in [5.74, 6) is 0.889. The Kier molecular flexibility index (Phi) is 3.34. The summed E-state index contributed by atoms with van der Waals surface area (Å²) in [6, 6.07) is 6.56. The molecular weight excluding hydrogens is 202 g/mol. The van der Waals surface area contributed by atoms with E-state index in [0.29, 0.717) is 6.04 Å². The minimum Gasteiger partial charge on any atom is -0.497 e. The molecule has 3 nitrogen and oxygen atoms in total. The summed E-state index contributed by atoms with van der Waals surface area (Å²) >= 11 is 0. The van der Waals surface area contributed by atoms with E-state index in [-0.39, 0.29) is 6.10 Å². The first-order valence-corrected chi connectivity index (χ1v) is 5.80. The van der Waals surface area contributed by atoms with Gasteiger partial charge in [0.2, 0.25) is 0 Å². The summed E-state index contributed by atoms with van der Waals surface area (Å²) in [7, 11) is 1.69. The van der Waals surface area contributed by atoms with Gasteiger partial charge in [-0.3, -0.25) is 0 Å². The Morgan fingerprint density at radius 1 is 1.44 bits per heavy atom. The summed E-state index contributed by atoms with van der Waals surface area (Å²) in [5.41, 5.74) is 2.37. The molecule has 1 heterocycles. The summed E-state index contributed by atoms with van der Waals surface area (Å²) in [4.78, 5) is 0. The minimum absolute atomic E-state index is 0.186. The van der Waals surface area contributed by atoms with E-state index in [1.165, 1.54) is 5.56 Å². The van der Waals surface area contributed by atoms with Crippen LogP contribution in [0.4, 0.5) is 5.69 Å². The standard InChI is InChI=1S/C13H19NO2/c1-4-16-13-7-9(2)14-12-6-5-10(15-3)8-11(12)13/h5-6,8-9,13-14H,4,7H2,1-3H3/t9-,13-/m1/s1. The van der Waals surface area contributed by atoms with E-state index in [0.717, 1.165) is 24.5 Å². The van der Waals surface area contributed by atoms with Crippen molar-refractivity contribution in [1.29, 1.82) is 0 Å². The molecule has 0 bridgehead atoms. The third-order valence-corrected chi connectivity index (χ3v) is 2.94. The van der Waals surface area contributed by atoms with Gasteiger partial charge in [0.1, 0.15) is 5.75 Å². The first kappa shape index (κ1) is 11.3. The SMILES string of the molecule is CCO[C@@H]1C[C@@H](C)Nc2ccc(OC)cc21. The van der Waals surface area contributed by atoms with Gasteiger partial charge < -0.3 is 14.8 Å². The average molecular weight is 221 g/mol. The molecule has 1 N–H and O–H groups in total. The lowest BCUT2D eigenvalue weighted by molar-refractivity contribution is 0.0510. The number of methoxy groups -OCH3 is 1. The van der Waals surface area contributed by atoms with Crippen molar-refractivity contribution in [1.82, 2.24) is 0 Å². The topological polar surface area (TPSA) is 30.5 Å². The number of hydrogen-bond donors (Lipinski definition) is 1. The zero-order valence-corrected chi connectivity index (χ0v) is 10.1. The van der Waals surface area contributed by atoms with Crippen LogP contribution in [0.2, 0.25) is 0 Å². The second-order valence-corrected chi connectivity index (χ2v) is 4.18. The third-order valence-electron chi connectivity index (χ3n) is 2.94. The Labute approximate surface area is 96.8 Å². The van der Waals surface area contributed by atoms with Gasteiger partial charge in [0.15, 0.2) is 0 Å². The van der Waals surface area contributed by atoms with Crippen LogP contribution in [0.5, 0.6) is 5.75 Å². The van der Waals surface area contributed by atoms with Crippen molar-refractivity contribution in [2.24, 2.45) is 0 Å². The molecule has 1 aliphatic rings. The van der Waals surface area contributed by atoms with Crippen molar-refractivity contribution in [3.8, 4) is 5.75 Å². The molecule has 0 fully saturated rings. The molecule has 88 valence electrons. The van der Waals surface area contributed by atoms with Crippen LogP contribution in [0.15, 0.2) is 18.2 Å². The minimum atomic E-state index is 0.186. The molecule has 0 aliphatic carbocycles. The smallest absolute Gasteiger partial charge is 0.119 e. The van der Waals surface area contributed by atoms with E-state index in [1.54, 1.807) is 7.11 Å². The maximum absolute atomic E-state index is 5.78. The van der Waals surface area contributed by atoms with Crippen LogP contribution >= 0.6 is 0 Å². The molecule has 1 aromatic rings. The zero-order valence-electron chi connectivity index (χ0n) is 10.1. The molecule has 0 aromatic heterocycles. The van der Waals surface area contributed by atoms with Crippen molar-refractivity contribution < 1.29 is 9.47 Å². The van der Waals surface area contributed by atoms with Gasteiger partial charge in [-0.15, -0.1) is 0 Å². The lowest BCUT2D eigenvalue weighted by Gasteiger charge is -2.31. The summed E-state index contributed by atoms with van der Waals surface area (Å²) in [6.07, 6.45) is 1.19. The number of fused-ring (bicyclic) bond motifs is 1. The van der Waals surface area contributed by atoms with Crippen molar-refractivity contribution in [3.63, 3.8) is 0 Å². The largest absolute Gasteiger partial charge is 0.497 e. The lowest BCUT2D eigenvalue weighted by Crippen LogP contribution is -2.26. The van der Waals surface area contributed by atoms with Crippen LogP contribution < -0.4 is 10.1 Å². The van der Waals surface area contributed by atoms with Crippen molar-refractivity contribution >= 4 is 5.69 Å². The molecule has 0 unspecified atom stereocenters. The Balaban J connectivity index is 2.33. The predicted octanol–water partition coefficient (Wildman–Crippen LogP) is 2.98. The van der Waals surface area contributed by atoms with Crippen molar-refractivity contribution in [2.45, 2.75) is 32.4 Å². The molecule has 0 saturated heterocycles. The van der Waals surface area contributed by atoms with Crippen molar-refractivity contribution in [2.75, 3.05) is 19.0 Å². The number of rotatable bonds is 3. The van der Waals surface area contributed by atoms with Crippen LogP contribution in [0.1, 0.15) is 31.9 Å². The average Bonchev–Trinajstić information content (AvgIpc) is 2.29. The fourth-order valence-corrected chi connectivity index (χ4v) is 2.20. The molecule has 0 radical (unpaired) electrons. The summed E-state index contributed by atoms with van der Waals surface area (Å²) in [5, 5.41) is 3.46. The lowest BCUT2D eigenvalue weighted by atomic mass is 9.95. The number of benzene rings is 1. The van der Waals surface area contributed by atoms with E-state index in [4.69, 9.17) is 9.47 Å². The summed E-state index contributed by atoms with van der Waals surface area (Å²) in [6.45, 7) is 4.96. The predicted molar refractivity (Wildman–Crippen MR) is 65.1 cm³/mol. The van der Waals surface area contributed by atoms with Crippen molar-refractivity contribution in [3.05, 3.63) is 23.8 Å². The van der Waals surface area contributed by atoms with Gasteiger partial charge in [-0.25, -0.2) is 0 Å². The van der Waals surface area contributed by atoms with Crippen LogP contribution in [0.3, 0.4) is 0 Å². The van der Waals surface area contributed by atoms with Gasteiger partial charge in [-0.1, -0.05) is 0 Å². The molecular formula is C13H19NO2. The van der Waals surface area contributed by atoms with Crippen LogP contribution in [-0.2, 0) is 4.74 Å². The van der Waals surface area contributed by atoms with Crippen LogP contribution in [-0.4, -0.2) is 19.8 Å². The second-order valence-electron chi connectivity index (χ2n) is 4.18. The van der Waals surface area contributed by atoms with Crippen LogP contribution in [0.25, 0.3) is 0 Å². The van der Waals surface area contributed by atoms with Gasteiger partial charge in [-0.2, -0.15) is 0 Å². The molecule has 3 heteroatoms. The van der Waals surface area contributed by atoms with E-state index < -0.39 is 0 Å². The van der Waals surface area contributed by atoms with E-state index in [9.17, 15) is 0 Å². The fraction of sp³-hybridized carbons (Fsp3) is 0.538. The highest BCUT2D eigenvalue weighted by Crippen LogP contribution is 2.37. The maximum atomic E-state index is 5.78. The van der Waals surface area contributed by atoms with E-state index >= 15 is 0 Å². The number of hydrogen-bond acceptors (Lipinski definition) is 3. The van der Waals surface area contributed by atoms with Gasteiger partial charge in [0, 0.05) is 23.9 Å². The molecule has 2 rings (SSSR count). The van der Waals surface area contributed by atoms with Gasteiger partial charge >= 0.3 is 0 Å². The molecule has 16 heavy (non-hydrogen) atoms. The number of ether oxygens (including phenoxy) is 2. The Bertz CT molecular complexity index is 365. The molecule has 0 saturated carbocycles. The monoisotopic (exact) mass is 221 g/mol. The Morgan fingerprint density at radius 3 is 2.94 bits per heavy atom. The second kappa shape index (κ2) is 4.74. The van der Waals surface area contributed by atoms with Gasteiger partial charge in [-0.05, 0) is 38.5 Å². The van der Waals surface area contributed by atoms with Gasteiger partial charge in [0.05, 0.1) is 13.2 Å². The van der Waals surface area contributed by atoms with E-state index in [2.05, 4.69) is 24.4 Å². The maximum Gasteiger partial charge on any atom is 0.119 e. The Morgan fingerprint density at radius 2 is 2.25 bits per heavy atom. The zero-order chi connectivity index (χ0) is 11.5. The van der Waals surface area contributed by atoms with E-state index in [1.807, 2.05) is 13.0 Å². The molecule has 0 amide bonds. The quantitative estimate of drug-likeness (QED) is 0.851. The molecule has 0 spiro atoms. The van der Waals surface area contributed by atoms with Gasteiger partial charge in [0.25, 0.3) is 0 Å². The first-order valence-electron chi connectivity index (χ1n) is 5.80. The number of nitrogens with one attached hydrogen (secondary N) is 1. The molecule has 2 atom stereocenters. The molecule has 1 aromatic carbocycles. The number of anilines is 1. The van der Waals surface area contributed by atoms with Crippen LogP contribution in [0, 0.1) is 0 Å². The molecule has 1 aliphatic heterocycles. The highest BCUT2D eigenvalue weighted by molar-refractivity contribution is 5.57. The highest BCUT2D eigenvalue weighted by Gasteiger charge is 2.24. The summed E-state index contributed by atoms with van der Waals surface area (Å²) < 4.78 is 11.0.